The zero-order valence-electron chi connectivity index (χ0n) is 13.2. The lowest BCUT2D eigenvalue weighted by Crippen LogP contribution is -2.46. The fourth-order valence-corrected chi connectivity index (χ4v) is 2.06. The summed E-state index contributed by atoms with van der Waals surface area (Å²) in [6, 6.07) is 4.61. The molecule has 1 aromatic rings. The lowest BCUT2D eigenvalue weighted by molar-refractivity contribution is -0.148. The summed E-state index contributed by atoms with van der Waals surface area (Å²) in [6.07, 6.45) is -0.0433. The van der Waals surface area contributed by atoms with Crippen molar-refractivity contribution in [2.45, 2.75) is 32.7 Å². The van der Waals surface area contributed by atoms with Gasteiger partial charge in [0.2, 0.25) is 11.8 Å². The van der Waals surface area contributed by atoms with Crippen LogP contribution in [0.15, 0.2) is 24.3 Å². The lowest BCUT2D eigenvalue weighted by Gasteiger charge is -2.19. The Morgan fingerprint density at radius 1 is 1.35 bits per heavy atom. The van der Waals surface area contributed by atoms with E-state index in [0.29, 0.717) is 5.56 Å². The Hall–Kier alpha value is -2.44. The monoisotopic (exact) mass is 324 g/mol. The highest BCUT2D eigenvalue weighted by atomic mass is 19.1. The molecule has 0 fully saturated rings. The number of hydrogen-bond donors (Lipinski definition) is 2. The second-order valence-corrected chi connectivity index (χ2v) is 5.22. The molecule has 0 aromatic heterocycles. The average Bonchev–Trinajstić information content (AvgIpc) is 2.46. The topological polar surface area (TPSA) is 98.5 Å². The molecule has 2 amide bonds. The lowest BCUT2D eigenvalue weighted by atomic mass is 10.0. The number of ether oxygens (including phenoxy) is 1. The van der Waals surface area contributed by atoms with Gasteiger partial charge < -0.3 is 15.8 Å². The summed E-state index contributed by atoms with van der Waals surface area (Å²) >= 11 is 0. The third-order valence-electron chi connectivity index (χ3n) is 3.21. The molecule has 2 atom stereocenters. The van der Waals surface area contributed by atoms with Gasteiger partial charge in [0.05, 0.1) is 18.9 Å². The van der Waals surface area contributed by atoms with Crippen LogP contribution in [-0.4, -0.2) is 30.4 Å². The van der Waals surface area contributed by atoms with Gasteiger partial charge in [-0.3, -0.25) is 14.4 Å². The first-order valence-electron chi connectivity index (χ1n) is 7.33. The number of halogens is 1. The van der Waals surface area contributed by atoms with E-state index in [4.69, 9.17) is 10.5 Å². The molecule has 126 valence electrons. The number of hydrogen-bond acceptors (Lipinski definition) is 4. The molecule has 0 aliphatic heterocycles. The number of primary amides is 1. The van der Waals surface area contributed by atoms with Gasteiger partial charge in [0.25, 0.3) is 0 Å². The highest BCUT2D eigenvalue weighted by Crippen LogP contribution is 2.09. The van der Waals surface area contributed by atoms with Crippen LogP contribution in [0, 0.1) is 11.7 Å². The van der Waals surface area contributed by atoms with Crippen molar-refractivity contribution in [1.29, 1.82) is 0 Å². The van der Waals surface area contributed by atoms with Crippen molar-refractivity contribution in [3.8, 4) is 0 Å². The quantitative estimate of drug-likeness (QED) is 0.695. The molecule has 0 saturated heterocycles. The number of esters is 1. The Morgan fingerprint density at radius 2 is 2.04 bits per heavy atom. The van der Waals surface area contributed by atoms with Crippen molar-refractivity contribution >= 4 is 17.8 Å². The third kappa shape index (κ3) is 6.46. The van der Waals surface area contributed by atoms with Crippen molar-refractivity contribution in [2.75, 3.05) is 6.61 Å². The van der Waals surface area contributed by atoms with Gasteiger partial charge in [-0.05, 0) is 31.0 Å². The predicted octanol–water partition coefficient (Wildman–Crippen LogP) is 0.928. The van der Waals surface area contributed by atoms with Crippen LogP contribution < -0.4 is 11.1 Å². The Balaban J connectivity index is 2.63. The van der Waals surface area contributed by atoms with Gasteiger partial charge in [-0.15, -0.1) is 0 Å². The van der Waals surface area contributed by atoms with E-state index >= 15 is 0 Å². The van der Waals surface area contributed by atoms with E-state index in [9.17, 15) is 18.8 Å². The number of carbonyl (C=O) groups is 3. The molecule has 0 aliphatic rings. The van der Waals surface area contributed by atoms with Crippen LogP contribution in [0.25, 0.3) is 0 Å². The van der Waals surface area contributed by atoms with Crippen LogP contribution in [0.3, 0.4) is 0 Å². The molecule has 23 heavy (non-hydrogen) atoms. The highest BCUT2D eigenvalue weighted by molar-refractivity contribution is 5.88. The fourth-order valence-electron chi connectivity index (χ4n) is 2.06. The number of carbonyl (C=O) groups excluding carboxylic acids is 3. The van der Waals surface area contributed by atoms with Crippen molar-refractivity contribution in [2.24, 2.45) is 11.7 Å². The van der Waals surface area contributed by atoms with Gasteiger partial charge in [-0.25, -0.2) is 4.39 Å². The highest BCUT2D eigenvalue weighted by Gasteiger charge is 2.25. The maximum Gasteiger partial charge on any atom is 0.308 e. The Kier molecular flexibility index (Phi) is 7.18. The van der Waals surface area contributed by atoms with Gasteiger partial charge in [-0.2, -0.15) is 0 Å². The van der Waals surface area contributed by atoms with E-state index in [1.54, 1.807) is 19.9 Å². The number of rotatable bonds is 8. The molecular weight excluding hydrogens is 303 g/mol. The van der Waals surface area contributed by atoms with Gasteiger partial charge in [0.15, 0.2) is 0 Å². The summed E-state index contributed by atoms with van der Waals surface area (Å²) in [4.78, 5) is 35.0. The van der Waals surface area contributed by atoms with E-state index in [1.165, 1.54) is 18.2 Å². The zero-order chi connectivity index (χ0) is 17.4. The van der Waals surface area contributed by atoms with Gasteiger partial charge in [-0.1, -0.05) is 19.1 Å². The van der Waals surface area contributed by atoms with Crippen LogP contribution in [0.2, 0.25) is 0 Å². The normalized spacial score (nSPS) is 13.0. The summed E-state index contributed by atoms with van der Waals surface area (Å²) in [6.45, 7) is 3.50. The smallest absolute Gasteiger partial charge is 0.308 e. The van der Waals surface area contributed by atoms with Gasteiger partial charge >= 0.3 is 5.97 Å². The summed E-state index contributed by atoms with van der Waals surface area (Å²) in [5.41, 5.74) is 5.74. The minimum absolute atomic E-state index is 0.0447. The minimum Gasteiger partial charge on any atom is -0.466 e. The van der Waals surface area contributed by atoms with Crippen molar-refractivity contribution in [3.63, 3.8) is 0 Å². The summed E-state index contributed by atoms with van der Waals surface area (Å²) < 4.78 is 17.9. The van der Waals surface area contributed by atoms with E-state index < -0.39 is 35.6 Å². The number of nitrogens with two attached hydrogens (primary N) is 1. The van der Waals surface area contributed by atoms with E-state index in [1.807, 2.05) is 0 Å². The molecule has 1 rings (SSSR count). The average molecular weight is 324 g/mol. The van der Waals surface area contributed by atoms with Crippen LogP contribution in [0.5, 0.6) is 0 Å². The molecule has 0 spiro atoms. The van der Waals surface area contributed by atoms with Crippen molar-refractivity contribution < 1.29 is 23.5 Å². The maximum atomic E-state index is 13.1. The summed E-state index contributed by atoms with van der Waals surface area (Å²) in [5.74, 6) is -2.71. The first-order chi connectivity index (χ1) is 10.8. The predicted molar refractivity (Wildman–Crippen MR) is 81.6 cm³/mol. The number of benzene rings is 1. The molecule has 0 radical (unpaired) electrons. The first kappa shape index (κ1) is 18.6. The number of amides is 2. The molecule has 6 nitrogen and oxygen atoms in total. The standard InChI is InChI=1S/C16H21FN2O4/c1-3-23-16(22)10(2)7-13(15(18)21)19-14(20)9-11-5-4-6-12(17)8-11/h4-6,8,10,13H,3,7,9H2,1-2H3,(H2,18,21)(H,19,20)/t10-,13-/m0/s1. The molecule has 0 saturated carbocycles. The van der Waals surface area contributed by atoms with Gasteiger partial charge in [0, 0.05) is 0 Å². The third-order valence-corrected chi connectivity index (χ3v) is 3.21. The summed E-state index contributed by atoms with van der Waals surface area (Å²) in [5, 5.41) is 2.47. The molecule has 3 N–H and O–H groups in total. The Labute approximate surface area is 134 Å². The minimum atomic E-state index is -0.990. The SMILES string of the molecule is CCOC(=O)[C@@H](C)C[C@H](NC(=O)Cc1cccc(F)c1)C(N)=O. The van der Waals surface area contributed by atoms with E-state index in [2.05, 4.69) is 5.32 Å². The Bertz CT molecular complexity index is 577. The van der Waals surface area contributed by atoms with E-state index in [0.717, 1.165) is 0 Å². The second-order valence-electron chi connectivity index (χ2n) is 5.22. The first-order valence-corrected chi connectivity index (χ1v) is 7.33. The Morgan fingerprint density at radius 3 is 2.61 bits per heavy atom. The molecular formula is C16H21FN2O4. The molecule has 7 heteroatoms. The molecule has 0 bridgehead atoms. The molecule has 0 heterocycles. The van der Waals surface area contributed by atoms with Crippen LogP contribution in [0.4, 0.5) is 4.39 Å². The summed E-state index contributed by atoms with van der Waals surface area (Å²) in [7, 11) is 0. The largest absolute Gasteiger partial charge is 0.466 e. The maximum absolute atomic E-state index is 13.1. The van der Waals surface area contributed by atoms with Crippen LogP contribution in [-0.2, 0) is 25.5 Å². The second kappa shape index (κ2) is 8.87. The fraction of sp³-hybridized carbons (Fsp3) is 0.438. The van der Waals surface area contributed by atoms with Crippen LogP contribution >= 0.6 is 0 Å². The van der Waals surface area contributed by atoms with Crippen molar-refractivity contribution in [1.82, 2.24) is 5.32 Å². The van der Waals surface area contributed by atoms with Crippen molar-refractivity contribution in [3.05, 3.63) is 35.6 Å². The van der Waals surface area contributed by atoms with E-state index in [-0.39, 0.29) is 19.4 Å². The molecule has 0 unspecified atom stereocenters. The molecule has 0 aliphatic carbocycles. The molecule has 1 aromatic carbocycles. The zero-order valence-corrected chi connectivity index (χ0v) is 13.2. The number of nitrogens with one attached hydrogen (secondary N) is 1. The van der Waals surface area contributed by atoms with Crippen LogP contribution in [0.1, 0.15) is 25.8 Å². The van der Waals surface area contributed by atoms with Gasteiger partial charge in [0.1, 0.15) is 11.9 Å².